The molecule has 24 heavy (non-hydrogen) atoms. The minimum absolute atomic E-state index is 0.205. The quantitative estimate of drug-likeness (QED) is 0.500. The number of nitriles is 1. The molecule has 0 spiro atoms. The Labute approximate surface area is 138 Å². The van der Waals surface area contributed by atoms with Crippen molar-refractivity contribution in [3.63, 3.8) is 0 Å². The monoisotopic (exact) mass is 331 g/mol. The van der Waals surface area contributed by atoms with Crippen LogP contribution in [0.25, 0.3) is 0 Å². The van der Waals surface area contributed by atoms with Gasteiger partial charge in [0.2, 0.25) is 0 Å². The molecule has 1 N–H and O–H groups in total. The van der Waals surface area contributed by atoms with Crippen LogP contribution in [0.2, 0.25) is 0 Å². The Balaban J connectivity index is 2.01. The third kappa shape index (κ3) is 3.68. The molecule has 0 saturated heterocycles. The number of hydrogen-bond acceptors (Lipinski definition) is 6. The van der Waals surface area contributed by atoms with Crippen molar-refractivity contribution in [2.75, 3.05) is 6.61 Å². The Bertz CT molecular complexity index is 717. The first-order valence-electron chi connectivity index (χ1n) is 7.52. The van der Waals surface area contributed by atoms with Crippen LogP contribution in [-0.4, -0.2) is 28.9 Å². The van der Waals surface area contributed by atoms with Crippen molar-refractivity contribution in [1.82, 2.24) is 5.32 Å². The lowest BCUT2D eigenvalue weighted by atomic mass is 10.00. The van der Waals surface area contributed by atoms with Crippen molar-refractivity contribution in [2.24, 2.45) is 0 Å². The highest BCUT2D eigenvalue weighted by molar-refractivity contribution is 5.95. The van der Waals surface area contributed by atoms with Crippen molar-refractivity contribution in [3.8, 4) is 6.07 Å². The van der Waals surface area contributed by atoms with Crippen LogP contribution in [0, 0.1) is 28.4 Å². The van der Waals surface area contributed by atoms with Gasteiger partial charge in [0, 0.05) is 5.56 Å². The Morgan fingerprint density at radius 2 is 2.08 bits per heavy atom. The van der Waals surface area contributed by atoms with Crippen LogP contribution in [-0.2, 0) is 9.53 Å². The van der Waals surface area contributed by atoms with Crippen molar-refractivity contribution in [1.29, 1.82) is 5.26 Å². The normalized spacial score (nSPS) is 15.3. The molecule has 1 fully saturated rings. The lowest BCUT2D eigenvalue weighted by Crippen LogP contribution is -2.46. The average Bonchev–Trinajstić information content (AvgIpc) is 3.01. The predicted molar refractivity (Wildman–Crippen MR) is 83.1 cm³/mol. The second-order valence-electron chi connectivity index (χ2n) is 5.75. The number of aryl methyl sites for hydroxylation is 1. The number of nitro benzene ring substituents is 1. The van der Waals surface area contributed by atoms with Crippen LogP contribution in [0.5, 0.6) is 0 Å². The van der Waals surface area contributed by atoms with E-state index < -0.39 is 28.9 Å². The average molecular weight is 331 g/mol. The molecule has 1 aromatic carbocycles. The molecular weight excluding hydrogens is 314 g/mol. The van der Waals surface area contributed by atoms with Gasteiger partial charge in [-0.05, 0) is 38.7 Å². The van der Waals surface area contributed by atoms with Crippen LogP contribution in [0.4, 0.5) is 5.69 Å². The van der Waals surface area contributed by atoms with E-state index in [0.29, 0.717) is 18.4 Å². The van der Waals surface area contributed by atoms with Crippen LogP contribution in [0.15, 0.2) is 18.2 Å². The van der Waals surface area contributed by atoms with E-state index in [2.05, 4.69) is 11.4 Å². The van der Waals surface area contributed by atoms with Gasteiger partial charge in [-0.3, -0.25) is 14.9 Å². The number of ether oxygens (including phenoxy) is 1. The second kappa shape index (κ2) is 7.08. The number of benzene rings is 1. The van der Waals surface area contributed by atoms with Crippen LogP contribution < -0.4 is 5.32 Å². The van der Waals surface area contributed by atoms with E-state index in [1.165, 1.54) is 25.1 Å². The van der Waals surface area contributed by atoms with Crippen LogP contribution in [0.3, 0.4) is 0 Å². The molecule has 0 radical (unpaired) electrons. The minimum atomic E-state index is -0.946. The van der Waals surface area contributed by atoms with Gasteiger partial charge in [-0.1, -0.05) is 12.1 Å². The molecule has 0 atom stereocenters. The fraction of sp³-hybridized carbons (Fsp3) is 0.438. The number of carbonyl (C=O) groups is 2. The van der Waals surface area contributed by atoms with Gasteiger partial charge in [0.05, 0.1) is 11.0 Å². The first kappa shape index (κ1) is 17.4. The number of nitro groups is 1. The highest BCUT2D eigenvalue weighted by Gasteiger charge is 2.35. The van der Waals surface area contributed by atoms with E-state index in [4.69, 9.17) is 4.74 Å². The molecule has 1 amide bonds. The molecule has 1 saturated carbocycles. The zero-order valence-electron chi connectivity index (χ0n) is 13.2. The molecule has 1 aromatic rings. The van der Waals surface area contributed by atoms with Gasteiger partial charge >= 0.3 is 5.97 Å². The smallest absolute Gasteiger partial charge is 0.345 e. The van der Waals surface area contributed by atoms with E-state index in [1.54, 1.807) is 0 Å². The third-order valence-corrected chi connectivity index (χ3v) is 4.02. The summed E-state index contributed by atoms with van der Waals surface area (Å²) in [5.74, 6) is -1.54. The molecule has 8 nitrogen and oxygen atoms in total. The van der Waals surface area contributed by atoms with Crippen LogP contribution in [0.1, 0.15) is 41.6 Å². The molecule has 2 rings (SSSR count). The highest BCUT2D eigenvalue weighted by atomic mass is 16.6. The number of para-hydroxylation sites is 1. The molecule has 8 heteroatoms. The number of esters is 1. The van der Waals surface area contributed by atoms with Gasteiger partial charge in [-0.2, -0.15) is 5.26 Å². The molecule has 1 aliphatic carbocycles. The van der Waals surface area contributed by atoms with E-state index in [9.17, 15) is 25.0 Å². The first-order valence-corrected chi connectivity index (χ1v) is 7.52. The molecule has 0 unspecified atom stereocenters. The summed E-state index contributed by atoms with van der Waals surface area (Å²) >= 11 is 0. The summed E-state index contributed by atoms with van der Waals surface area (Å²) in [5, 5.41) is 22.9. The van der Waals surface area contributed by atoms with Gasteiger partial charge in [-0.15, -0.1) is 0 Å². The van der Waals surface area contributed by atoms with Gasteiger partial charge in [0.25, 0.3) is 11.6 Å². The highest BCUT2D eigenvalue weighted by Crippen LogP contribution is 2.29. The fourth-order valence-electron chi connectivity index (χ4n) is 2.82. The number of hydrogen-bond donors (Lipinski definition) is 1. The first-order chi connectivity index (χ1) is 11.4. The van der Waals surface area contributed by atoms with E-state index in [1.807, 2.05) is 0 Å². The summed E-state index contributed by atoms with van der Waals surface area (Å²) in [7, 11) is 0. The number of nitrogens with one attached hydrogen (secondary N) is 1. The predicted octanol–water partition coefficient (Wildman–Crippen LogP) is 2.01. The molecule has 0 aromatic heterocycles. The van der Waals surface area contributed by atoms with Crippen molar-refractivity contribution in [3.05, 3.63) is 39.4 Å². The fourth-order valence-corrected chi connectivity index (χ4v) is 2.82. The zero-order valence-corrected chi connectivity index (χ0v) is 13.2. The Morgan fingerprint density at radius 1 is 1.42 bits per heavy atom. The summed E-state index contributed by atoms with van der Waals surface area (Å²) in [6.07, 6.45) is 2.82. The van der Waals surface area contributed by atoms with Crippen molar-refractivity contribution >= 4 is 17.6 Å². The third-order valence-electron chi connectivity index (χ3n) is 4.02. The number of carbonyl (C=O) groups excluding carboxylic acids is 2. The standard InChI is InChI=1S/C16H17N3O5/c1-11-5-4-6-12(14(11)19(22)23)15(21)24-9-13(20)18-16(10-17)7-2-3-8-16/h4-6H,2-3,7-9H2,1H3,(H,18,20). The SMILES string of the molecule is Cc1cccc(C(=O)OCC(=O)NC2(C#N)CCCC2)c1[N+](=O)[O-]. The Morgan fingerprint density at radius 3 is 2.67 bits per heavy atom. The van der Waals surface area contributed by atoms with Gasteiger partial charge < -0.3 is 10.1 Å². The Hall–Kier alpha value is -2.95. The molecule has 0 aliphatic heterocycles. The number of amides is 1. The molecule has 0 bridgehead atoms. The van der Waals surface area contributed by atoms with Gasteiger partial charge in [0.15, 0.2) is 6.61 Å². The van der Waals surface area contributed by atoms with Crippen molar-refractivity contribution in [2.45, 2.75) is 38.1 Å². The lowest BCUT2D eigenvalue weighted by Gasteiger charge is -2.21. The molecule has 0 heterocycles. The van der Waals surface area contributed by atoms with Gasteiger partial charge in [0.1, 0.15) is 11.1 Å². The lowest BCUT2D eigenvalue weighted by molar-refractivity contribution is -0.385. The van der Waals surface area contributed by atoms with Gasteiger partial charge in [-0.25, -0.2) is 4.79 Å². The second-order valence-corrected chi connectivity index (χ2v) is 5.75. The summed E-state index contributed by atoms with van der Waals surface area (Å²) in [6, 6.07) is 6.39. The Kier molecular flexibility index (Phi) is 5.14. The minimum Gasteiger partial charge on any atom is -0.452 e. The number of rotatable bonds is 5. The maximum absolute atomic E-state index is 12.0. The summed E-state index contributed by atoms with van der Waals surface area (Å²) in [4.78, 5) is 34.4. The maximum Gasteiger partial charge on any atom is 0.345 e. The maximum atomic E-state index is 12.0. The largest absolute Gasteiger partial charge is 0.452 e. The summed E-state index contributed by atoms with van der Waals surface area (Å²) < 4.78 is 4.87. The van der Waals surface area contributed by atoms with Crippen LogP contribution >= 0.6 is 0 Å². The van der Waals surface area contributed by atoms with Crippen molar-refractivity contribution < 1.29 is 19.2 Å². The molecule has 126 valence electrons. The summed E-state index contributed by atoms with van der Waals surface area (Å²) in [6.45, 7) is 0.922. The molecular formula is C16H17N3O5. The summed E-state index contributed by atoms with van der Waals surface area (Å²) in [5.41, 5.74) is -1.12. The topological polar surface area (TPSA) is 122 Å². The molecule has 1 aliphatic rings. The zero-order chi connectivity index (χ0) is 17.7. The van der Waals surface area contributed by atoms with E-state index in [-0.39, 0.29) is 11.3 Å². The number of nitrogens with zero attached hydrogens (tertiary/aromatic N) is 2. The van der Waals surface area contributed by atoms with E-state index in [0.717, 1.165) is 12.8 Å². The van der Waals surface area contributed by atoms with E-state index >= 15 is 0 Å².